The molecule has 0 radical (unpaired) electrons. The molecule has 13 nitrogen and oxygen atoms in total. The maximum absolute atomic E-state index is 13.5. The van der Waals surface area contributed by atoms with E-state index >= 15 is 0 Å². The summed E-state index contributed by atoms with van der Waals surface area (Å²) in [5.74, 6) is 2.32. The standard InChI is InChI=1S/C37H47N9O4/c1-21(2)23(5)35(47)45-15-7-9-29(45)33-41-20-28(43-33)26-17-38-32(39-18-26)25-13-11-24(12-14-25)27-19-40-34(42-27)30-10-8-16-46(30)36(48)31(22(3)4)44-37(49)50-6/h11-14,17-23,29-31H,7-10,15-16H2,1-6H3,(H,40,42)(H,41,43)(H,44,49)/t23-,29-,30-,31-/m0/s1. The maximum Gasteiger partial charge on any atom is 0.407 e. The number of carbonyl (C=O) groups excluding carboxylic acids is 3. The van der Waals surface area contributed by atoms with Crippen LogP contribution in [0.25, 0.3) is 33.9 Å². The van der Waals surface area contributed by atoms with E-state index < -0.39 is 12.1 Å². The van der Waals surface area contributed by atoms with Crippen molar-refractivity contribution >= 4 is 17.9 Å². The number of rotatable bonds is 10. The highest BCUT2D eigenvalue weighted by atomic mass is 16.5. The summed E-state index contributed by atoms with van der Waals surface area (Å²) in [6, 6.07) is 6.99. The van der Waals surface area contributed by atoms with Crippen LogP contribution < -0.4 is 5.32 Å². The predicted octanol–water partition coefficient (Wildman–Crippen LogP) is 5.92. The van der Waals surface area contributed by atoms with Gasteiger partial charge in [-0.3, -0.25) is 9.59 Å². The third kappa shape index (κ3) is 7.12. The van der Waals surface area contributed by atoms with Gasteiger partial charge in [0.2, 0.25) is 11.8 Å². The van der Waals surface area contributed by atoms with E-state index in [4.69, 9.17) is 4.74 Å². The molecule has 3 aromatic heterocycles. The fourth-order valence-electron chi connectivity index (χ4n) is 6.77. The summed E-state index contributed by atoms with van der Waals surface area (Å²) >= 11 is 0. The molecule has 1 aromatic carbocycles. The number of ether oxygens (including phenoxy) is 1. The van der Waals surface area contributed by atoms with E-state index in [0.717, 1.165) is 66.1 Å². The van der Waals surface area contributed by atoms with Crippen molar-refractivity contribution in [2.75, 3.05) is 20.2 Å². The predicted molar refractivity (Wildman–Crippen MR) is 188 cm³/mol. The van der Waals surface area contributed by atoms with Crippen LogP contribution in [0.5, 0.6) is 0 Å². The Balaban J connectivity index is 1.11. The molecule has 2 aliphatic heterocycles. The van der Waals surface area contributed by atoms with Crippen molar-refractivity contribution in [1.29, 1.82) is 0 Å². The van der Waals surface area contributed by atoms with Gasteiger partial charge in [-0.2, -0.15) is 0 Å². The van der Waals surface area contributed by atoms with Crippen molar-refractivity contribution in [3.63, 3.8) is 0 Å². The van der Waals surface area contributed by atoms with Crippen LogP contribution in [-0.2, 0) is 14.3 Å². The number of likely N-dealkylation sites (tertiary alicyclic amines) is 2. The first-order valence-corrected chi connectivity index (χ1v) is 17.5. The summed E-state index contributed by atoms with van der Waals surface area (Å²) in [7, 11) is 1.29. The second-order valence-electron chi connectivity index (χ2n) is 14.0. The van der Waals surface area contributed by atoms with Crippen LogP contribution in [0, 0.1) is 17.8 Å². The molecule has 4 aromatic rings. The fraction of sp³-hybridized carbons (Fsp3) is 0.486. The zero-order valence-electron chi connectivity index (χ0n) is 29.6. The number of H-pyrrole nitrogens is 2. The van der Waals surface area contributed by atoms with E-state index in [1.165, 1.54) is 7.11 Å². The van der Waals surface area contributed by atoms with Gasteiger partial charge in [0.1, 0.15) is 17.7 Å². The molecular weight excluding hydrogens is 634 g/mol. The summed E-state index contributed by atoms with van der Waals surface area (Å²) in [5, 5.41) is 2.69. The van der Waals surface area contributed by atoms with Gasteiger partial charge in [-0.25, -0.2) is 24.7 Å². The van der Waals surface area contributed by atoms with Crippen molar-refractivity contribution < 1.29 is 19.1 Å². The Morgan fingerprint density at radius 1 is 0.720 bits per heavy atom. The van der Waals surface area contributed by atoms with Crippen molar-refractivity contribution in [3.8, 4) is 33.9 Å². The number of methoxy groups -OCH3 is 1. The molecule has 3 amide bonds. The number of benzene rings is 1. The number of carbonyl (C=O) groups is 3. The second-order valence-corrected chi connectivity index (χ2v) is 14.0. The number of aromatic amines is 2. The number of hydrogen-bond acceptors (Lipinski definition) is 8. The van der Waals surface area contributed by atoms with Gasteiger partial charge in [-0.1, -0.05) is 58.9 Å². The van der Waals surface area contributed by atoms with Crippen LogP contribution in [0.1, 0.15) is 84.0 Å². The quantitative estimate of drug-likeness (QED) is 0.186. The molecule has 4 atom stereocenters. The number of nitrogens with zero attached hydrogens (tertiary/aromatic N) is 6. The van der Waals surface area contributed by atoms with E-state index in [-0.39, 0.29) is 41.7 Å². The topological polar surface area (TPSA) is 162 Å². The van der Waals surface area contributed by atoms with Crippen molar-refractivity contribution in [3.05, 3.63) is 60.7 Å². The highest BCUT2D eigenvalue weighted by Crippen LogP contribution is 2.35. The van der Waals surface area contributed by atoms with E-state index in [2.05, 4.69) is 49.1 Å². The van der Waals surface area contributed by atoms with E-state index in [9.17, 15) is 14.4 Å². The number of hydrogen-bond donors (Lipinski definition) is 3. The van der Waals surface area contributed by atoms with E-state index in [0.29, 0.717) is 18.2 Å². The zero-order chi connectivity index (χ0) is 35.5. The molecule has 13 heteroatoms. The Kier molecular flexibility index (Phi) is 10.3. The van der Waals surface area contributed by atoms with E-state index in [1.807, 2.05) is 49.9 Å². The molecule has 0 aliphatic carbocycles. The van der Waals surface area contributed by atoms with Gasteiger partial charge >= 0.3 is 6.09 Å². The second kappa shape index (κ2) is 14.8. The van der Waals surface area contributed by atoms with Gasteiger partial charge in [0.15, 0.2) is 5.82 Å². The Hall–Kier alpha value is -5.07. The first-order valence-electron chi connectivity index (χ1n) is 17.5. The molecule has 50 heavy (non-hydrogen) atoms. The third-order valence-corrected chi connectivity index (χ3v) is 10.1. The third-order valence-electron chi connectivity index (χ3n) is 10.1. The summed E-state index contributed by atoms with van der Waals surface area (Å²) in [6.45, 7) is 11.3. The highest BCUT2D eigenvalue weighted by Gasteiger charge is 2.38. The van der Waals surface area contributed by atoms with Gasteiger partial charge in [0.05, 0.1) is 43.0 Å². The lowest BCUT2D eigenvalue weighted by Crippen LogP contribution is -2.51. The highest BCUT2D eigenvalue weighted by molar-refractivity contribution is 5.86. The van der Waals surface area contributed by atoms with Gasteiger partial charge in [0.25, 0.3) is 0 Å². The van der Waals surface area contributed by atoms with Crippen LogP contribution in [0.2, 0.25) is 0 Å². The van der Waals surface area contributed by atoms with Crippen molar-refractivity contribution in [2.45, 2.75) is 78.4 Å². The van der Waals surface area contributed by atoms with Crippen LogP contribution in [0.15, 0.2) is 49.1 Å². The molecule has 0 spiro atoms. The Morgan fingerprint density at radius 2 is 1.24 bits per heavy atom. The van der Waals surface area contributed by atoms with Gasteiger partial charge in [-0.05, 0) is 43.1 Å². The molecule has 0 bridgehead atoms. The number of aromatic nitrogens is 6. The molecule has 0 unspecified atom stereocenters. The van der Waals surface area contributed by atoms with Crippen LogP contribution in [0.3, 0.4) is 0 Å². The minimum absolute atomic E-state index is 0.0287. The van der Waals surface area contributed by atoms with Gasteiger partial charge in [-0.15, -0.1) is 0 Å². The summed E-state index contributed by atoms with van der Waals surface area (Å²) in [4.78, 5) is 67.7. The Morgan fingerprint density at radius 3 is 1.76 bits per heavy atom. The molecule has 2 aliphatic rings. The van der Waals surface area contributed by atoms with Gasteiger partial charge in [0, 0.05) is 42.5 Å². The van der Waals surface area contributed by atoms with Crippen LogP contribution in [-0.4, -0.2) is 83.9 Å². The molecule has 2 saturated heterocycles. The first kappa shape index (κ1) is 34.8. The van der Waals surface area contributed by atoms with Crippen LogP contribution in [0.4, 0.5) is 4.79 Å². The molecule has 6 rings (SSSR count). The Bertz CT molecular complexity index is 1800. The molecule has 5 heterocycles. The lowest BCUT2D eigenvalue weighted by Gasteiger charge is -2.30. The lowest BCUT2D eigenvalue weighted by atomic mass is 9.96. The zero-order valence-corrected chi connectivity index (χ0v) is 29.6. The molecular formula is C37H47N9O4. The minimum Gasteiger partial charge on any atom is -0.453 e. The fourth-order valence-corrected chi connectivity index (χ4v) is 6.77. The summed E-state index contributed by atoms with van der Waals surface area (Å²) < 4.78 is 4.74. The molecule has 3 N–H and O–H groups in total. The SMILES string of the molecule is COC(=O)N[C@H](C(=O)N1CCC[C@H]1c1ncc(-c2ccc(-c3ncc(-c4cnc([C@@H]5CCCN5C(=O)[C@@H](C)C(C)C)[nH]4)cn3)cc2)[nH]1)C(C)C. The monoisotopic (exact) mass is 681 g/mol. The normalized spacial score (nSPS) is 18.9. The van der Waals surface area contributed by atoms with E-state index in [1.54, 1.807) is 29.7 Å². The number of alkyl carbamates (subject to hydrolysis) is 1. The van der Waals surface area contributed by atoms with Crippen molar-refractivity contribution in [2.24, 2.45) is 17.8 Å². The minimum atomic E-state index is -0.684. The van der Waals surface area contributed by atoms with Crippen molar-refractivity contribution in [1.82, 2.24) is 45.0 Å². The molecule has 0 saturated carbocycles. The number of imidazole rings is 2. The largest absolute Gasteiger partial charge is 0.453 e. The first-order chi connectivity index (χ1) is 24.0. The Labute approximate surface area is 292 Å². The number of amides is 3. The molecule has 264 valence electrons. The van der Waals surface area contributed by atoms with Gasteiger partial charge < -0.3 is 29.8 Å². The summed E-state index contributed by atoms with van der Waals surface area (Å²) in [6.07, 6.45) is 10.0. The average Bonchev–Trinajstić information content (AvgIpc) is 3.96. The lowest BCUT2D eigenvalue weighted by molar-refractivity contribution is -0.137. The van der Waals surface area contributed by atoms with Crippen LogP contribution >= 0.6 is 0 Å². The maximum atomic E-state index is 13.5. The number of nitrogens with one attached hydrogen (secondary N) is 3. The average molecular weight is 682 g/mol. The molecule has 2 fully saturated rings. The summed E-state index contributed by atoms with van der Waals surface area (Å²) in [5.41, 5.74) is 4.29. The smallest absolute Gasteiger partial charge is 0.407 e.